The molecule has 0 spiro atoms. The molecule has 0 bridgehead atoms. The van der Waals surface area contributed by atoms with Gasteiger partial charge >= 0.3 is 0 Å². The topological polar surface area (TPSA) is 43.3 Å². The second kappa shape index (κ2) is 3.07. The highest BCUT2D eigenvalue weighted by atomic mass is 32.1. The van der Waals surface area contributed by atoms with Crippen LogP contribution in [0.15, 0.2) is 6.20 Å². The van der Waals surface area contributed by atoms with Crippen LogP contribution < -0.4 is 5.73 Å². The van der Waals surface area contributed by atoms with E-state index in [0.717, 1.165) is 10.7 Å². The average Bonchev–Trinajstić information content (AvgIpc) is 2.75. The van der Waals surface area contributed by atoms with Crippen molar-refractivity contribution in [2.24, 2.45) is 5.73 Å². The van der Waals surface area contributed by atoms with E-state index in [2.05, 4.69) is 9.38 Å². The van der Waals surface area contributed by atoms with Crippen LogP contribution in [0.3, 0.4) is 0 Å². The summed E-state index contributed by atoms with van der Waals surface area (Å²) in [4.78, 5) is 7.04. The summed E-state index contributed by atoms with van der Waals surface area (Å²) >= 11 is 1.83. The summed E-state index contributed by atoms with van der Waals surface area (Å²) in [5.41, 5.74) is 8.32. The molecule has 1 aliphatic rings. The number of fused-ring (bicyclic) bond motifs is 3. The van der Waals surface area contributed by atoms with Gasteiger partial charge in [-0.1, -0.05) is 0 Å². The summed E-state index contributed by atoms with van der Waals surface area (Å²) < 4.78 is 2.26. The monoisotopic (exact) mass is 207 g/mol. The minimum atomic E-state index is 0.588. The highest BCUT2D eigenvalue weighted by molar-refractivity contribution is 7.17. The molecule has 0 saturated heterocycles. The van der Waals surface area contributed by atoms with Gasteiger partial charge in [-0.25, -0.2) is 4.98 Å². The van der Waals surface area contributed by atoms with Gasteiger partial charge in [-0.15, -0.1) is 11.3 Å². The molecule has 0 unspecified atom stereocenters. The molecule has 0 saturated carbocycles. The van der Waals surface area contributed by atoms with Crippen LogP contribution in [0.25, 0.3) is 4.96 Å². The summed E-state index contributed by atoms with van der Waals surface area (Å²) in [6.45, 7) is 0.588. The number of hydrogen-bond donors (Lipinski definition) is 1. The van der Waals surface area contributed by atoms with Gasteiger partial charge in [-0.3, -0.25) is 4.40 Å². The first-order valence-electron chi connectivity index (χ1n) is 5.07. The van der Waals surface area contributed by atoms with Gasteiger partial charge in [0.1, 0.15) is 0 Å². The standard InChI is InChI=1S/C10H13N3S/c11-5-7-6-12-10-13(7)8-3-1-2-4-9(8)14-10/h6H,1-5,11H2. The minimum absolute atomic E-state index is 0.588. The second-order valence-electron chi connectivity index (χ2n) is 3.75. The van der Waals surface area contributed by atoms with Crippen molar-refractivity contribution in [2.75, 3.05) is 0 Å². The third-order valence-corrected chi connectivity index (χ3v) is 4.04. The zero-order valence-electron chi connectivity index (χ0n) is 7.99. The molecule has 0 aromatic carbocycles. The molecule has 2 aromatic rings. The zero-order chi connectivity index (χ0) is 9.54. The van der Waals surface area contributed by atoms with E-state index in [9.17, 15) is 0 Å². The van der Waals surface area contributed by atoms with E-state index in [4.69, 9.17) is 5.73 Å². The number of nitrogens with two attached hydrogens (primary N) is 1. The molecule has 3 nitrogen and oxygen atoms in total. The fraction of sp³-hybridized carbons (Fsp3) is 0.500. The van der Waals surface area contributed by atoms with Crippen molar-refractivity contribution >= 4 is 16.3 Å². The largest absolute Gasteiger partial charge is 0.325 e. The Morgan fingerprint density at radius 2 is 2.29 bits per heavy atom. The molecule has 74 valence electrons. The number of aryl methyl sites for hydroxylation is 2. The van der Waals surface area contributed by atoms with Crippen molar-refractivity contribution in [3.05, 3.63) is 22.5 Å². The maximum absolute atomic E-state index is 5.70. The third-order valence-electron chi connectivity index (χ3n) is 2.89. The van der Waals surface area contributed by atoms with Crippen LogP contribution in [0, 0.1) is 0 Å². The molecule has 3 rings (SSSR count). The molecule has 14 heavy (non-hydrogen) atoms. The SMILES string of the molecule is NCc1cnc2sc3c(n12)CCCC3. The Morgan fingerprint density at radius 1 is 1.43 bits per heavy atom. The molecular formula is C10H13N3S. The molecule has 2 aromatic heterocycles. The van der Waals surface area contributed by atoms with E-state index in [-0.39, 0.29) is 0 Å². The molecular weight excluding hydrogens is 194 g/mol. The van der Waals surface area contributed by atoms with Gasteiger partial charge in [-0.05, 0) is 25.7 Å². The predicted molar refractivity (Wildman–Crippen MR) is 57.6 cm³/mol. The molecule has 2 heterocycles. The fourth-order valence-electron chi connectivity index (χ4n) is 2.19. The summed E-state index contributed by atoms with van der Waals surface area (Å²) in [7, 11) is 0. The van der Waals surface area contributed by atoms with E-state index in [1.54, 1.807) is 0 Å². The molecule has 1 aliphatic carbocycles. The smallest absolute Gasteiger partial charge is 0.194 e. The number of imidazole rings is 1. The Morgan fingerprint density at radius 3 is 3.14 bits per heavy atom. The highest BCUT2D eigenvalue weighted by Crippen LogP contribution is 2.30. The molecule has 0 fully saturated rings. The lowest BCUT2D eigenvalue weighted by molar-refractivity contribution is 0.670. The number of nitrogens with zero attached hydrogens (tertiary/aromatic N) is 2. The highest BCUT2D eigenvalue weighted by Gasteiger charge is 2.18. The van der Waals surface area contributed by atoms with Gasteiger partial charge in [0.15, 0.2) is 4.96 Å². The van der Waals surface area contributed by atoms with Crippen LogP contribution in [0.2, 0.25) is 0 Å². The Balaban J connectivity index is 2.29. The molecule has 4 heteroatoms. The first kappa shape index (κ1) is 8.44. The lowest BCUT2D eigenvalue weighted by Crippen LogP contribution is -2.07. The third kappa shape index (κ3) is 1.04. The first-order chi connectivity index (χ1) is 6.90. The summed E-state index contributed by atoms with van der Waals surface area (Å²) in [6.07, 6.45) is 6.96. The van der Waals surface area contributed by atoms with Crippen molar-refractivity contribution in [2.45, 2.75) is 32.2 Å². The molecule has 0 atom stereocenters. The lowest BCUT2D eigenvalue weighted by atomic mass is 10.0. The summed E-state index contributed by atoms with van der Waals surface area (Å²) in [6, 6.07) is 0. The van der Waals surface area contributed by atoms with Crippen LogP contribution >= 0.6 is 11.3 Å². The second-order valence-corrected chi connectivity index (χ2v) is 4.81. The first-order valence-corrected chi connectivity index (χ1v) is 5.88. The number of rotatable bonds is 1. The average molecular weight is 207 g/mol. The van der Waals surface area contributed by atoms with Crippen LogP contribution in [-0.2, 0) is 19.4 Å². The zero-order valence-corrected chi connectivity index (χ0v) is 8.81. The Bertz CT molecular complexity index is 469. The quantitative estimate of drug-likeness (QED) is 0.774. The number of thiazole rings is 1. The van der Waals surface area contributed by atoms with Gasteiger partial charge in [-0.2, -0.15) is 0 Å². The van der Waals surface area contributed by atoms with E-state index in [1.807, 2.05) is 17.5 Å². The maximum atomic E-state index is 5.70. The number of hydrogen-bond acceptors (Lipinski definition) is 3. The van der Waals surface area contributed by atoms with Crippen LogP contribution in [0.5, 0.6) is 0 Å². The minimum Gasteiger partial charge on any atom is -0.325 e. The predicted octanol–water partition coefficient (Wildman–Crippen LogP) is 1.73. The maximum Gasteiger partial charge on any atom is 0.194 e. The fourth-order valence-corrected chi connectivity index (χ4v) is 3.39. The van der Waals surface area contributed by atoms with E-state index >= 15 is 0 Å². The van der Waals surface area contributed by atoms with Crippen molar-refractivity contribution in [1.82, 2.24) is 9.38 Å². The van der Waals surface area contributed by atoms with Crippen LogP contribution in [0.1, 0.15) is 29.1 Å². The molecule has 0 amide bonds. The Hall–Kier alpha value is -0.870. The van der Waals surface area contributed by atoms with Crippen molar-refractivity contribution in [1.29, 1.82) is 0 Å². The van der Waals surface area contributed by atoms with E-state index < -0.39 is 0 Å². The van der Waals surface area contributed by atoms with Crippen molar-refractivity contribution < 1.29 is 0 Å². The molecule has 0 aliphatic heterocycles. The Labute approximate surface area is 86.6 Å². The van der Waals surface area contributed by atoms with Gasteiger partial charge in [0.2, 0.25) is 0 Å². The normalized spacial score (nSPS) is 16.1. The van der Waals surface area contributed by atoms with Gasteiger partial charge in [0.05, 0.1) is 11.9 Å². The van der Waals surface area contributed by atoms with Crippen LogP contribution in [-0.4, -0.2) is 9.38 Å². The van der Waals surface area contributed by atoms with E-state index in [0.29, 0.717) is 6.54 Å². The van der Waals surface area contributed by atoms with Crippen molar-refractivity contribution in [3.63, 3.8) is 0 Å². The summed E-state index contributed by atoms with van der Waals surface area (Å²) in [5, 5.41) is 0. The van der Waals surface area contributed by atoms with Gasteiger partial charge in [0, 0.05) is 17.1 Å². The van der Waals surface area contributed by atoms with Gasteiger partial charge in [0.25, 0.3) is 0 Å². The van der Waals surface area contributed by atoms with Crippen LogP contribution in [0.4, 0.5) is 0 Å². The van der Waals surface area contributed by atoms with Gasteiger partial charge < -0.3 is 5.73 Å². The van der Waals surface area contributed by atoms with Crippen molar-refractivity contribution in [3.8, 4) is 0 Å². The molecule has 2 N–H and O–H groups in total. The van der Waals surface area contributed by atoms with E-state index in [1.165, 1.54) is 36.3 Å². The molecule has 0 radical (unpaired) electrons. The lowest BCUT2D eigenvalue weighted by Gasteiger charge is -2.11. The summed E-state index contributed by atoms with van der Waals surface area (Å²) in [5.74, 6) is 0. The number of aromatic nitrogens is 2. The Kier molecular flexibility index (Phi) is 1.85.